The fourth-order valence-corrected chi connectivity index (χ4v) is 0.337. The van der Waals surface area contributed by atoms with E-state index in [0.717, 1.165) is 19.3 Å². The van der Waals surface area contributed by atoms with E-state index in [1.165, 1.54) is 0 Å². The molecule has 0 aromatic heterocycles. The minimum Gasteiger partial charge on any atom is -0.450 e. The van der Waals surface area contributed by atoms with Crippen molar-refractivity contribution in [1.82, 2.24) is 0 Å². The summed E-state index contributed by atoms with van der Waals surface area (Å²) in [5.74, 6) is 2.82. The lowest BCUT2D eigenvalue weighted by Gasteiger charge is -1.82. The first kappa shape index (κ1) is 7.36. The summed E-state index contributed by atoms with van der Waals surface area (Å²) in [6, 6.07) is 0. The van der Waals surface area contributed by atoms with Gasteiger partial charge in [-0.05, 0) is 6.42 Å². The Kier molecular flexibility index (Phi) is 5.85. The zero-order valence-electron chi connectivity index (χ0n) is 5.24. The Morgan fingerprint density at radius 1 is 1.62 bits per heavy atom. The first-order valence-electron chi connectivity index (χ1n) is 2.72. The van der Waals surface area contributed by atoms with Crippen LogP contribution < -0.4 is 0 Å². The molecule has 1 heteroatoms. The van der Waals surface area contributed by atoms with Crippen LogP contribution in [-0.4, -0.2) is 7.11 Å². The smallest absolute Gasteiger partial charge is 0.109 e. The average molecular weight is 111 g/mol. The van der Waals surface area contributed by atoms with Crippen molar-refractivity contribution in [2.24, 2.45) is 0 Å². The normalized spacial score (nSPS) is 7.25. The van der Waals surface area contributed by atoms with Crippen molar-refractivity contribution in [2.75, 3.05) is 7.11 Å². The Morgan fingerprint density at radius 2 is 2.38 bits per heavy atom. The molecular formula is C7H11O. The molecule has 1 radical (unpaired) electrons. The maximum Gasteiger partial charge on any atom is 0.109 e. The Labute approximate surface area is 51.0 Å². The number of ether oxygens (including phenoxy) is 1. The van der Waals surface area contributed by atoms with Gasteiger partial charge in [0, 0.05) is 6.42 Å². The predicted molar refractivity (Wildman–Crippen MR) is 34.0 cm³/mol. The summed E-state index contributed by atoms with van der Waals surface area (Å²) in [6.07, 6.45) is 5.43. The molecule has 1 nitrogen and oxygen atoms in total. The van der Waals surface area contributed by atoms with Crippen LogP contribution in [0.15, 0.2) is 0 Å². The maximum absolute atomic E-state index is 4.51. The predicted octanol–water partition coefficient (Wildman–Crippen LogP) is 1.60. The van der Waals surface area contributed by atoms with Gasteiger partial charge in [0.2, 0.25) is 0 Å². The summed E-state index contributed by atoms with van der Waals surface area (Å²) in [6.45, 7) is 3.67. The van der Waals surface area contributed by atoms with E-state index in [-0.39, 0.29) is 0 Å². The van der Waals surface area contributed by atoms with Crippen LogP contribution in [0.3, 0.4) is 0 Å². The minimum atomic E-state index is 0.900. The molecule has 0 aliphatic heterocycles. The van der Waals surface area contributed by atoms with E-state index in [1.54, 1.807) is 7.11 Å². The third-order valence-electron chi connectivity index (χ3n) is 0.726. The Balaban J connectivity index is 2.90. The number of hydrogen-bond acceptors (Lipinski definition) is 1. The molecule has 0 aliphatic carbocycles. The van der Waals surface area contributed by atoms with Gasteiger partial charge in [-0.15, -0.1) is 0 Å². The van der Waals surface area contributed by atoms with Gasteiger partial charge in [0.05, 0.1) is 7.11 Å². The lowest BCUT2D eigenvalue weighted by Crippen LogP contribution is -1.68. The van der Waals surface area contributed by atoms with Gasteiger partial charge in [-0.25, -0.2) is 0 Å². The van der Waals surface area contributed by atoms with Crippen LogP contribution in [-0.2, 0) is 4.74 Å². The van der Waals surface area contributed by atoms with Crippen molar-refractivity contribution in [2.45, 2.75) is 19.3 Å². The van der Waals surface area contributed by atoms with E-state index in [4.69, 9.17) is 0 Å². The van der Waals surface area contributed by atoms with E-state index in [1.807, 2.05) is 0 Å². The number of methoxy groups -OCH3 is 1. The molecule has 0 rings (SSSR count). The van der Waals surface area contributed by atoms with E-state index in [9.17, 15) is 0 Å². The van der Waals surface area contributed by atoms with Crippen molar-refractivity contribution in [1.29, 1.82) is 0 Å². The minimum absolute atomic E-state index is 0.900. The lowest BCUT2D eigenvalue weighted by molar-refractivity contribution is 0.371. The standard InChI is InChI=1S/C7H11O/c1-3-4-5-6-7-8-2/h1,3-5H2,2H3. The summed E-state index contributed by atoms with van der Waals surface area (Å²) < 4.78 is 4.51. The second kappa shape index (κ2) is 6.36. The first-order valence-corrected chi connectivity index (χ1v) is 2.72. The molecule has 0 heterocycles. The van der Waals surface area contributed by atoms with Crippen LogP contribution in [0.5, 0.6) is 0 Å². The number of hydrogen-bond donors (Lipinski definition) is 0. The number of unbranched alkanes of at least 4 members (excludes halogenated alkanes) is 2. The highest BCUT2D eigenvalue weighted by atomic mass is 16.5. The van der Waals surface area contributed by atoms with Crippen LogP contribution >= 0.6 is 0 Å². The fourth-order valence-electron chi connectivity index (χ4n) is 0.337. The van der Waals surface area contributed by atoms with Gasteiger partial charge < -0.3 is 4.74 Å². The summed E-state index contributed by atoms with van der Waals surface area (Å²) >= 11 is 0. The van der Waals surface area contributed by atoms with Gasteiger partial charge in [-0.3, -0.25) is 0 Å². The van der Waals surface area contributed by atoms with Crippen LogP contribution in [0.2, 0.25) is 0 Å². The van der Waals surface area contributed by atoms with Gasteiger partial charge in [0.1, 0.15) is 6.11 Å². The maximum atomic E-state index is 4.51. The molecule has 0 spiro atoms. The summed E-state index contributed by atoms with van der Waals surface area (Å²) in [4.78, 5) is 0. The van der Waals surface area contributed by atoms with Crippen LogP contribution in [0.1, 0.15) is 19.3 Å². The molecule has 0 saturated heterocycles. The molecule has 0 aromatic carbocycles. The molecule has 8 heavy (non-hydrogen) atoms. The average Bonchev–Trinajstić information content (AvgIpc) is 1.81. The van der Waals surface area contributed by atoms with Crippen LogP contribution in [0.25, 0.3) is 0 Å². The van der Waals surface area contributed by atoms with E-state index >= 15 is 0 Å². The fraction of sp³-hybridized carbons (Fsp3) is 0.571. The van der Waals surface area contributed by atoms with Gasteiger partial charge in [0.15, 0.2) is 0 Å². The van der Waals surface area contributed by atoms with Crippen LogP contribution in [0, 0.1) is 19.0 Å². The molecular weight excluding hydrogens is 100 g/mol. The molecule has 0 atom stereocenters. The third-order valence-corrected chi connectivity index (χ3v) is 0.726. The largest absolute Gasteiger partial charge is 0.450 e. The van der Waals surface area contributed by atoms with Crippen molar-refractivity contribution >= 4 is 0 Å². The SMILES string of the molecule is [CH2]CCCC#COC. The van der Waals surface area contributed by atoms with Crippen LogP contribution in [0.4, 0.5) is 0 Å². The summed E-state index contributed by atoms with van der Waals surface area (Å²) in [5, 5.41) is 0. The highest BCUT2D eigenvalue weighted by molar-refractivity contribution is 4.90. The quantitative estimate of drug-likeness (QED) is 0.388. The van der Waals surface area contributed by atoms with E-state index in [0.29, 0.717) is 0 Å². The molecule has 0 amide bonds. The lowest BCUT2D eigenvalue weighted by atomic mass is 10.3. The van der Waals surface area contributed by atoms with Gasteiger partial charge in [-0.1, -0.05) is 19.3 Å². The van der Waals surface area contributed by atoms with Crippen molar-refractivity contribution < 1.29 is 4.74 Å². The molecule has 0 saturated carbocycles. The third kappa shape index (κ3) is 5.36. The molecule has 0 bridgehead atoms. The second-order valence-electron chi connectivity index (χ2n) is 1.44. The zero-order valence-corrected chi connectivity index (χ0v) is 5.24. The Bertz CT molecular complexity index is 86.3. The van der Waals surface area contributed by atoms with Gasteiger partial charge >= 0.3 is 0 Å². The monoisotopic (exact) mass is 111 g/mol. The second-order valence-corrected chi connectivity index (χ2v) is 1.44. The van der Waals surface area contributed by atoms with Crippen molar-refractivity contribution in [3.8, 4) is 12.0 Å². The zero-order chi connectivity index (χ0) is 6.24. The first-order chi connectivity index (χ1) is 3.91. The molecule has 0 fully saturated rings. The van der Waals surface area contributed by atoms with E-state index < -0.39 is 0 Å². The number of rotatable bonds is 2. The van der Waals surface area contributed by atoms with E-state index in [2.05, 4.69) is 23.7 Å². The van der Waals surface area contributed by atoms with Crippen molar-refractivity contribution in [3.05, 3.63) is 6.92 Å². The van der Waals surface area contributed by atoms with Gasteiger partial charge in [0.25, 0.3) is 0 Å². The topological polar surface area (TPSA) is 9.23 Å². The Hall–Kier alpha value is -0.640. The Morgan fingerprint density at radius 3 is 2.88 bits per heavy atom. The molecule has 0 unspecified atom stereocenters. The van der Waals surface area contributed by atoms with Crippen molar-refractivity contribution in [3.63, 3.8) is 0 Å². The highest BCUT2D eigenvalue weighted by Crippen LogP contribution is 1.89. The highest BCUT2D eigenvalue weighted by Gasteiger charge is 1.74. The summed E-state index contributed by atoms with van der Waals surface area (Å²) in [7, 11) is 1.57. The summed E-state index contributed by atoms with van der Waals surface area (Å²) in [5.41, 5.74) is 0. The molecule has 0 N–H and O–H groups in total. The van der Waals surface area contributed by atoms with Gasteiger partial charge in [-0.2, -0.15) is 0 Å². The molecule has 0 aromatic rings. The molecule has 45 valence electrons. The molecule has 0 aliphatic rings.